The number of ether oxygens (including phenoxy) is 1. The molecule has 0 aliphatic heterocycles. The first kappa shape index (κ1) is 16.8. The van der Waals surface area contributed by atoms with Crippen LogP contribution >= 0.6 is 0 Å². The van der Waals surface area contributed by atoms with Crippen LogP contribution in [0.25, 0.3) is 0 Å². The normalized spacial score (nSPS) is 11.7. The van der Waals surface area contributed by atoms with Gasteiger partial charge in [0, 0.05) is 11.8 Å². The lowest BCUT2D eigenvalue weighted by Crippen LogP contribution is -2.32. The predicted molar refractivity (Wildman–Crippen MR) is 96.4 cm³/mol. The Hall–Kier alpha value is -3.05. The third-order valence-electron chi connectivity index (χ3n) is 3.79. The van der Waals surface area contributed by atoms with Gasteiger partial charge in [0.05, 0.1) is 19.9 Å². The number of anilines is 1. The molecule has 3 aromatic rings. The fourth-order valence-corrected chi connectivity index (χ4v) is 2.54. The quantitative estimate of drug-likeness (QED) is 0.689. The molecule has 0 radical (unpaired) electrons. The van der Waals surface area contributed by atoms with Crippen LogP contribution in [0.3, 0.4) is 0 Å². The zero-order chi connectivity index (χ0) is 17.5. The van der Waals surface area contributed by atoms with Gasteiger partial charge in [0.2, 0.25) is 5.91 Å². The third-order valence-corrected chi connectivity index (χ3v) is 3.79. The Kier molecular flexibility index (Phi) is 5.49. The van der Waals surface area contributed by atoms with Gasteiger partial charge in [-0.3, -0.25) is 10.1 Å². The van der Waals surface area contributed by atoms with Crippen LogP contribution in [-0.4, -0.2) is 13.0 Å². The van der Waals surface area contributed by atoms with E-state index in [9.17, 15) is 4.79 Å². The van der Waals surface area contributed by atoms with E-state index in [0.717, 1.165) is 11.3 Å². The Balaban J connectivity index is 1.76. The maximum atomic E-state index is 12.8. The van der Waals surface area contributed by atoms with E-state index in [1.807, 2.05) is 60.7 Å². The van der Waals surface area contributed by atoms with Crippen molar-refractivity contribution in [2.24, 2.45) is 0 Å². The molecule has 3 rings (SSSR count). The van der Waals surface area contributed by atoms with Gasteiger partial charge in [0.15, 0.2) is 0 Å². The van der Waals surface area contributed by atoms with Gasteiger partial charge in [-0.05, 0) is 29.8 Å². The summed E-state index contributed by atoms with van der Waals surface area (Å²) in [4.78, 5) is 12.8. The van der Waals surface area contributed by atoms with Crippen LogP contribution in [0, 0.1) is 0 Å². The van der Waals surface area contributed by atoms with Gasteiger partial charge in [-0.15, -0.1) is 0 Å². The molecule has 2 aromatic carbocycles. The summed E-state index contributed by atoms with van der Waals surface area (Å²) in [7, 11) is 1.60. The number of hydrogen-bond donors (Lipinski definition) is 2. The lowest BCUT2D eigenvalue weighted by molar-refractivity contribution is -0.118. The number of carbonyl (C=O) groups excluding carboxylic acids is 1. The summed E-state index contributed by atoms with van der Waals surface area (Å²) in [5.74, 6) is 1.32. The van der Waals surface area contributed by atoms with E-state index in [2.05, 4.69) is 10.6 Å². The van der Waals surface area contributed by atoms with Crippen LogP contribution < -0.4 is 15.4 Å². The molecule has 5 nitrogen and oxygen atoms in total. The molecule has 0 fully saturated rings. The molecular weight excluding hydrogens is 316 g/mol. The maximum absolute atomic E-state index is 12.8. The van der Waals surface area contributed by atoms with Crippen LogP contribution in [0.4, 0.5) is 5.69 Å². The first-order chi connectivity index (χ1) is 12.3. The van der Waals surface area contributed by atoms with Crippen molar-refractivity contribution in [3.8, 4) is 5.75 Å². The number of furan rings is 1. The summed E-state index contributed by atoms with van der Waals surface area (Å²) in [5, 5.41) is 6.18. The monoisotopic (exact) mass is 336 g/mol. The Morgan fingerprint density at radius 1 is 1.08 bits per heavy atom. The molecule has 1 amide bonds. The zero-order valence-corrected chi connectivity index (χ0v) is 13.9. The van der Waals surface area contributed by atoms with Crippen molar-refractivity contribution in [1.29, 1.82) is 0 Å². The van der Waals surface area contributed by atoms with Crippen molar-refractivity contribution in [2.75, 3.05) is 12.4 Å². The summed E-state index contributed by atoms with van der Waals surface area (Å²) in [6.45, 7) is 0.456. The summed E-state index contributed by atoms with van der Waals surface area (Å²) >= 11 is 0. The molecule has 0 saturated carbocycles. The Labute approximate surface area is 146 Å². The van der Waals surface area contributed by atoms with Crippen LogP contribution in [0.1, 0.15) is 17.4 Å². The largest absolute Gasteiger partial charge is 0.497 e. The number of benzene rings is 2. The van der Waals surface area contributed by atoms with Gasteiger partial charge < -0.3 is 14.5 Å². The summed E-state index contributed by atoms with van der Waals surface area (Å²) < 4.78 is 10.5. The fourth-order valence-electron chi connectivity index (χ4n) is 2.54. The highest BCUT2D eigenvalue weighted by Crippen LogP contribution is 2.20. The van der Waals surface area contributed by atoms with Crippen LogP contribution in [0.15, 0.2) is 77.4 Å². The summed E-state index contributed by atoms with van der Waals surface area (Å²) in [6.07, 6.45) is 1.62. The molecule has 1 heterocycles. The van der Waals surface area contributed by atoms with Crippen LogP contribution in [0.2, 0.25) is 0 Å². The fraction of sp³-hybridized carbons (Fsp3) is 0.150. The van der Waals surface area contributed by atoms with Gasteiger partial charge in [-0.1, -0.05) is 36.4 Å². The number of rotatable bonds is 7. The smallest absolute Gasteiger partial charge is 0.246 e. The first-order valence-corrected chi connectivity index (χ1v) is 8.02. The van der Waals surface area contributed by atoms with Gasteiger partial charge >= 0.3 is 0 Å². The van der Waals surface area contributed by atoms with Crippen molar-refractivity contribution in [1.82, 2.24) is 5.32 Å². The highest BCUT2D eigenvalue weighted by atomic mass is 16.5. The minimum absolute atomic E-state index is 0.147. The van der Waals surface area contributed by atoms with Crippen molar-refractivity contribution in [3.63, 3.8) is 0 Å². The first-order valence-electron chi connectivity index (χ1n) is 8.02. The van der Waals surface area contributed by atoms with Gasteiger partial charge in [0.1, 0.15) is 17.6 Å². The average molecular weight is 336 g/mol. The second-order valence-electron chi connectivity index (χ2n) is 5.53. The van der Waals surface area contributed by atoms with Crippen molar-refractivity contribution < 1.29 is 13.9 Å². The number of carbonyl (C=O) groups is 1. The molecular formula is C20H20N2O3. The third kappa shape index (κ3) is 4.49. The standard InChI is InChI=1S/C20H20N2O3/c1-24-17-10-5-9-16(13-17)22-20(23)19(15-7-3-2-4-8-15)21-14-18-11-6-12-25-18/h2-13,19,21H,14H2,1H3,(H,22,23)/t19-/m1/s1. The van der Waals surface area contributed by atoms with Crippen LogP contribution in [-0.2, 0) is 11.3 Å². The van der Waals surface area contributed by atoms with E-state index in [4.69, 9.17) is 9.15 Å². The summed E-state index contributed by atoms with van der Waals surface area (Å²) in [6, 6.07) is 20.1. The Morgan fingerprint density at radius 2 is 1.92 bits per heavy atom. The predicted octanol–water partition coefficient (Wildman–Crippen LogP) is 3.76. The summed E-state index contributed by atoms with van der Waals surface area (Å²) in [5.41, 5.74) is 1.57. The van der Waals surface area contributed by atoms with Gasteiger partial charge in [0.25, 0.3) is 0 Å². The number of amides is 1. The molecule has 128 valence electrons. The SMILES string of the molecule is COc1cccc(NC(=O)[C@H](NCc2ccco2)c2ccccc2)c1. The Morgan fingerprint density at radius 3 is 2.64 bits per heavy atom. The molecule has 0 bridgehead atoms. The maximum Gasteiger partial charge on any atom is 0.246 e. The van der Waals surface area contributed by atoms with Crippen LogP contribution in [0.5, 0.6) is 5.75 Å². The van der Waals surface area contributed by atoms with E-state index < -0.39 is 6.04 Å². The minimum Gasteiger partial charge on any atom is -0.497 e. The molecule has 2 N–H and O–H groups in total. The highest BCUT2D eigenvalue weighted by Gasteiger charge is 2.20. The molecule has 5 heteroatoms. The molecule has 0 saturated heterocycles. The number of nitrogens with one attached hydrogen (secondary N) is 2. The number of hydrogen-bond acceptors (Lipinski definition) is 4. The highest BCUT2D eigenvalue weighted by molar-refractivity contribution is 5.95. The molecule has 1 aromatic heterocycles. The van der Waals surface area contributed by atoms with Crippen molar-refractivity contribution in [3.05, 3.63) is 84.3 Å². The van der Waals surface area contributed by atoms with Crippen molar-refractivity contribution in [2.45, 2.75) is 12.6 Å². The lowest BCUT2D eigenvalue weighted by atomic mass is 10.1. The average Bonchev–Trinajstić information content (AvgIpc) is 3.16. The van der Waals surface area contributed by atoms with Gasteiger partial charge in [-0.2, -0.15) is 0 Å². The molecule has 0 aliphatic rings. The van der Waals surface area contributed by atoms with E-state index >= 15 is 0 Å². The second kappa shape index (κ2) is 8.17. The molecule has 1 atom stereocenters. The topological polar surface area (TPSA) is 63.5 Å². The van der Waals surface area contributed by atoms with Gasteiger partial charge in [-0.25, -0.2) is 0 Å². The Bertz CT molecular complexity index is 801. The lowest BCUT2D eigenvalue weighted by Gasteiger charge is -2.18. The molecule has 0 aliphatic carbocycles. The molecule has 0 unspecified atom stereocenters. The number of methoxy groups -OCH3 is 1. The van der Waals surface area contributed by atoms with E-state index in [0.29, 0.717) is 18.0 Å². The zero-order valence-electron chi connectivity index (χ0n) is 13.9. The van der Waals surface area contributed by atoms with E-state index in [1.54, 1.807) is 19.4 Å². The van der Waals surface area contributed by atoms with E-state index in [-0.39, 0.29) is 5.91 Å². The second-order valence-corrected chi connectivity index (χ2v) is 5.53. The van der Waals surface area contributed by atoms with Crippen molar-refractivity contribution >= 4 is 11.6 Å². The minimum atomic E-state index is -0.502. The van der Waals surface area contributed by atoms with E-state index in [1.165, 1.54) is 0 Å². The molecule has 25 heavy (non-hydrogen) atoms. The molecule has 0 spiro atoms.